The average Bonchev–Trinajstić information content (AvgIpc) is 2.68. The van der Waals surface area contributed by atoms with E-state index in [9.17, 15) is 4.79 Å². The van der Waals surface area contributed by atoms with Crippen molar-refractivity contribution < 1.29 is 18.7 Å². The number of rotatable bonds is 7. The molecule has 7 heteroatoms. The number of piperidine rings is 1. The van der Waals surface area contributed by atoms with Gasteiger partial charge in [0.25, 0.3) is 8.32 Å². The van der Waals surface area contributed by atoms with Crippen LogP contribution in [0.25, 0.3) is 0 Å². The van der Waals surface area contributed by atoms with Gasteiger partial charge < -0.3 is 18.8 Å². The van der Waals surface area contributed by atoms with Crippen LogP contribution in [0.3, 0.4) is 0 Å². The van der Waals surface area contributed by atoms with Gasteiger partial charge in [-0.2, -0.15) is 0 Å². The molecule has 1 aliphatic carbocycles. The molecule has 0 aromatic carbocycles. The van der Waals surface area contributed by atoms with E-state index in [1.54, 1.807) is 19.1 Å². The number of ether oxygens (including phenoxy) is 2. The zero-order valence-electron chi connectivity index (χ0n) is 19.7. The van der Waals surface area contributed by atoms with Crippen LogP contribution in [0.5, 0.6) is 0 Å². The predicted octanol–water partition coefficient (Wildman–Crippen LogP) is 5.23. The van der Waals surface area contributed by atoms with E-state index in [-0.39, 0.29) is 17.9 Å². The molecule has 170 valence electrons. The van der Waals surface area contributed by atoms with Crippen LogP contribution in [0.4, 0.5) is 0 Å². The van der Waals surface area contributed by atoms with Crippen molar-refractivity contribution in [3.63, 3.8) is 0 Å². The monoisotopic (exact) mass is 499 g/mol. The molecule has 2 saturated heterocycles. The summed E-state index contributed by atoms with van der Waals surface area (Å²) in [4.78, 5) is 15.3. The van der Waals surface area contributed by atoms with Gasteiger partial charge in [0, 0.05) is 20.1 Å². The Labute approximate surface area is 191 Å². The lowest BCUT2D eigenvalue weighted by Crippen LogP contribution is -2.72. The van der Waals surface area contributed by atoms with Gasteiger partial charge >= 0.3 is 0 Å². The molecule has 0 aromatic heterocycles. The second-order valence-corrected chi connectivity index (χ2v) is 17.0. The molecule has 5 atom stereocenters. The second kappa shape index (κ2) is 8.05. The van der Waals surface area contributed by atoms with Crippen LogP contribution in [0, 0.1) is 11.3 Å². The quantitative estimate of drug-likeness (QED) is 0.273. The molecular formula is C23H38BrNO4Si. The average molecular weight is 501 g/mol. The van der Waals surface area contributed by atoms with Gasteiger partial charge in [-0.1, -0.05) is 63.5 Å². The van der Waals surface area contributed by atoms with Crippen LogP contribution >= 0.6 is 15.9 Å². The Kier molecular flexibility index (Phi) is 6.45. The molecule has 2 bridgehead atoms. The maximum atomic E-state index is 13.6. The van der Waals surface area contributed by atoms with E-state index in [1.807, 2.05) is 12.2 Å². The summed E-state index contributed by atoms with van der Waals surface area (Å²) in [6, 6.07) is 0. The lowest BCUT2D eigenvalue weighted by Gasteiger charge is -2.61. The third kappa shape index (κ3) is 3.10. The normalized spacial score (nSPS) is 36.4. The summed E-state index contributed by atoms with van der Waals surface area (Å²) in [5.41, 5.74) is 0.500. The maximum absolute atomic E-state index is 13.6. The van der Waals surface area contributed by atoms with Crippen LogP contribution in [-0.4, -0.2) is 56.5 Å². The van der Waals surface area contributed by atoms with Gasteiger partial charge in [-0.15, -0.1) is 6.58 Å². The Morgan fingerprint density at radius 1 is 1.27 bits per heavy atom. The minimum Gasteiger partial charge on any atom is -0.544 e. The number of hydrogen-bond donors (Lipinski definition) is 0. The smallest absolute Gasteiger partial charge is 0.258 e. The molecular weight excluding hydrogens is 462 g/mol. The summed E-state index contributed by atoms with van der Waals surface area (Å²) < 4.78 is 18.7. The number of amides is 1. The minimum absolute atomic E-state index is 0.00420. The highest BCUT2D eigenvalue weighted by Gasteiger charge is 2.67. The van der Waals surface area contributed by atoms with Crippen LogP contribution in [-0.2, 0) is 18.7 Å². The number of hydrogen-bond acceptors (Lipinski definition) is 4. The number of fused-ring (bicyclic) bond motifs is 1. The first-order valence-corrected chi connectivity index (χ1v) is 14.0. The van der Waals surface area contributed by atoms with E-state index in [2.05, 4.69) is 64.1 Å². The van der Waals surface area contributed by atoms with Gasteiger partial charge in [-0.25, -0.2) is 0 Å². The van der Waals surface area contributed by atoms with Gasteiger partial charge in [0.15, 0.2) is 0 Å². The molecule has 1 amide bonds. The van der Waals surface area contributed by atoms with E-state index in [4.69, 9.17) is 13.9 Å². The van der Waals surface area contributed by atoms with Crippen molar-refractivity contribution in [2.75, 3.05) is 20.8 Å². The van der Waals surface area contributed by atoms with Crippen LogP contribution in [0.2, 0.25) is 16.6 Å². The molecule has 0 radical (unpaired) electrons. The number of carbonyl (C=O) groups is 1. The molecule has 0 spiro atoms. The topological polar surface area (TPSA) is 48.0 Å². The lowest BCUT2D eigenvalue weighted by molar-refractivity contribution is -0.190. The Hall–Kier alpha value is -0.633. The number of methoxy groups -OCH3 is 1. The van der Waals surface area contributed by atoms with Crippen molar-refractivity contribution in [1.82, 2.24) is 4.90 Å². The zero-order valence-corrected chi connectivity index (χ0v) is 22.3. The van der Waals surface area contributed by atoms with Crippen molar-refractivity contribution in [3.05, 3.63) is 24.5 Å². The SMILES string of the molecule is C=C[C@@]12C=C(O[Si](C(C)C)(C(C)C)C(C)C)[C@H]3C[C@@H]1[C@](Br)(CO3)[C@@H](OC)N(C)C2=O. The molecule has 30 heavy (non-hydrogen) atoms. The summed E-state index contributed by atoms with van der Waals surface area (Å²) in [6.45, 7) is 18.2. The molecule has 2 fully saturated rings. The first-order chi connectivity index (χ1) is 13.9. The van der Waals surface area contributed by atoms with Crippen LogP contribution < -0.4 is 0 Å². The molecule has 0 saturated carbocycles. The van der Waals surface area contributed by atoms with Crippen molar-refractivity contribution in [1.29, 1.82) is 0 Å². The minimum atomic E-state index is -2.18. The third-order valence-electron chi connectivity index (χ3n) is 7.83. The maximum Gasteiger partial charge on any atom is 0.258 e. The van der Waals surface area contributed by atoms with E-state index < -0.39 is 24.3 Å². The Balaban J connectivity index is 2.15. The number of likely N-dealkylation sites (tertiary alicyclic amines) is 1. The molecule has 0 N–H and O–H groups in total. The zero-order chi connectivity index (χ0) is 22.6. The van der Waals surface area contributed by atoms with Gasteiger partial charge in [0.05, 0.1) is 16.3 Å². The van der Waals surface area contributed by atoms with E-state index >= 15 is 0 Å². The lowest BCUT2D eigenvalue weighted by atomic mass is 9.59. The molecule has 2 aliphatic heterocycles. The van der Waals surface area contributed by atoms with Gasteiger partial charge in [-0.05, 0) is 29.1 Å². The number of nitrogens with zero attached hydrogens (tertiary/aromatic N) is 1. The first kappa shape index (κ1) is 24.0. The Bertz CT molecular complexity index is 717. The molecule has 3 aliphatic rings. The highest BCUT2D eigenvalue weighted by atomic mass is 79.9. The standard InChI is InChI=1S/C23H38BrNO4Si/c1-10-22-12-18(29-30(14(2)3,15(4)5)16(6)7)17-11-19(22)23(24,13-28-17)21(27-9)25(8)20(22)26/h10,12,14-17,19,21H,1,11,13H2,2-9H3/t17-,19+,21-,22-,23-/m1/s1. The summed E-state index contributed by atoms with van der Waals surface area (Å²) in [6.07, 6.45) is 4.03. The highest BCUT2D eigenvalue weighted by Crippen LogP contribution is 2.59. The van der Waals surface area contributed by atoms with Gasteiger partial charge in [-0.3, -0.25) is 4.79 Å². The largest absolute Gasteiger partial charge is 0.544 e. The molecule has 3 rings (SSSR count). The van der Waals surface area contributed by atoms with Crippen molar-refractivity contribution in [3.8, 4) is 0 Å². The fourth-order valence-electron chi connectivity index (χ4n) is 6.51. The van der Waals surface area contributed by atoms with E-state index in [0.29, 0.717) is 29.7 Å². The second-order valence-electron chi connectivity index (χ2n) is 10.1. The molecule has 5 nitrogen and oxygen atoms in total. The number of alkyl halides is 1. The van der Waals surface area contributed by atoms with Crippen molar-refractivity contribution >= 4 is 30.2 Å². The van der Waals surface area contributed by atoms with Crippen LogP contribution in [0.15, 0.2) is 24.5 Å². The fourth-order valence-corrected chi connectivity index (χ4v) is 13.0. The Morgan fingerprint density at radius 2 is 1.83 bits per heavy atom. The molecule has 0 aromatic rings. The highest BCUT2D eigenvalue weighted by molar-refractivity contribution is 9.10. The first-order valence-electron chi connectivity index (χ1n) is 11.1. The summed E-state index contributed by atoms with van der Waals surface area (Å²) in [7, 11) is 1.26. The van der Waals surface area contributed by atoms with Crippen molar-refractivity contribution in [2.24, 2.45) is 11.3 Å². The summed E-state index contributed by atoms with van der Waals surface area (Å²) in [5, 5.41) is 0. The molecule has 2 heterocycles. The van der Waals surface area contributed by atoms with Gasteiger partial charge in [0.1, 0.15) is 18.1 Å². The van der Waals surface area contributed by atoms with Gasteiger partial charge in [0.2, 0.25) is 5.91 Å². The summed E-state index contributed by atoms with van der Waals surface area (Å²) in [5.74, 6) is 0.841. The van der Waals surface area contributed by atoms with Crippen molar-refractivity contribution in [2.45, 2.75) is 81.2 Å². The number of halogens is 1. The Morgan fingerprint density at radius 3 is 2.30 bits per heavy atom. The number of carbonyl (C=O) groups excluding carboxylic acids is 1. The third-order valence-corrected chi connectivity index (χ3v) is 15.0. The molecule has 0 unspecified atom stereocenters. The van der Waals surface area contributed by atoms with E-state index in [0.717, 1.165) is 5.76 Å². The summed E-state index contributed by atoms with van der Waals surface area (Å²) >= 11 is 3.94. The van der Waals surface area contributed by atoms with Crippen LogP contribution in [0.1, 0.15) is 48.0 Å². The van der Waals surface area contributed by atoms with E-state index in [1.165, 1.54) is 0 Å². The predicted molar refractivity (Wildman–Crippen MR) is 126 cm³/mol. The fraction of sp³-hybridized carbons (Fsp3) is 0.783.